The van der Waals surface area contributed by atoms with Crippen molar-refractivity contribution in [2.45, 2.75) is 51.8 Å². The lowest BCUT2D eigenvalue weighted by atomic mass is 9.97. The third-order valence-corrected chi connectivity index (χ3v) is 5.18. The number of aromatic nitrogens is 2. The fraction of sp³-hybridized carbons (Fsp3) is 0.550. The average Bonchev–Trinajstić information content (AvgIpc) is 3.41. The van der Waals surface area contributed by atoms with Crippen molar-refractivity contribution in [3.8, 4) is 0 Å². The first-order valence-electron chi connectivity index (χ1n) is 10.2. The summed E-state index contributed by atoms with van der Waals surface area (Å²) in [6.07, 6.45) is -7.96. The molecule has 198 valence electrons. The molecule has 0 aromatic carbocycles. The molecule has 3 rings (SSSR count). The topological polar surface area (TPSA) is 105 Å². The van der Waals surface area contributed by atoms with Crippen LogP contribution in [-0.2, 0) is 34.0 Å². The number of alkyl halides is 6. The molecular formula is C20H25F6N3O5S. The van der Waals surface area contributed by atoms with Crippen molar-refractivity contribution in [2.75, 3.05) is 19.8 Å². The minimum atomic E-state index is -5.08. The van der Waals surface area contributed by atoms with Crippen LogP contribution in [0.3, 0.4) is 0 Å². The number of aryl methyl sites for hydroxylation is 1. The van der Waals surface area contributed by atoms with E-state index in [1.807, 2.05) is 0 Å². The molecule has 3 heterocycles. The van der Waals surface area contributed by atoms with Gasteiger partial charge in [0.25, 0.3) is 0 Å². The maximum absolute atomic E-state index is 10.6. The summed E-state index contributed by atoms with van der Waals surface area (Å²) >= 11 is 1.77. The highest BCUT2D eigenvalue weighted by atomic mass is 32.1. The number of thiophene rings is 1. The number of hydrogen-bond donors (Lipinski definition) is 2. The number of nitrogens with zero attached hydrogens (tertiary/aromatic N) is 3. The number of hydrogen-bond acceptors (Lipinski definition) is 6. The van der Waals surface area contributed by atoms with E-state index in [-0.39, 0.29) is 0 Å². The van der Waals surface area contributed by atoms with E-state index in [1.165, 1.54) is 16.8 Å². The third-order valence-electron chi connectivity index (χ3n) is 4.45. The number of fused-ring (bicyclic) bond motifs is 1. The van der Waals surface area contributed by atoms with Gasteiger partial charge in [0.15, 0.2) is 0 Å². The summed E-state index contributed by atoms with van der Waals surface area (Å²) in [6.45, 7) is 9.70. The van der Waals surface area contributed by atoms with Crippen LogP contribution in [-0.4, -0.2) is 68.9 Å². The zero-order valence-corrected chi connectivity index (χ0v) is 19.6. The molecule has 0 fully saturated rings. The van der Waals surface area contributed by atoms with Crippen LogP contribution in [0, 0.1) is 0 Å². The Kier molecular flexibility index (Phi) is 11.7. The van der Waals surface area contributed by atoms with Gasteiger partial charge < -0.3 is 14.9 Å². The van der Waals surface area contributed by atoms with Gasteiger partial charge in [0.1, 0.15) is 0 Å². The fourth-order valence-electron chi connectivity index (χ4n) is 2.96. The second kappa shape index (κ2) is 13.4. The van der Waals surface area contributed by atoms with E-state index >= 15 is 0 Å². The van der Waals surface area contributed by atoms with Crippen molar-refractivity contribution >= 4 is 23.3 Å². The van der Waals surface area contributed by atoms with Crippen molar-refractivity contribution in [3.05, 3.63) is 39.8 Å². The normalized spacial score (nSPS) is 15.8. The zero-order chi connectivity index (χ0) is 26.8. The van der Waals surface area contributed by atoms with Crippen LogP contribution >= 0.6 is 11.3 Å². The molecule has 35 heavy (non-hydrogen) atoms. The Morgan fingerprint density at radius 2 is 1.71 bits per heavy atom. The molecule has 8 nitrogen and oxygen atoms in total. The van der Waals surface area contributed by atoms with Gasteiger partial charge in [0, 0.05) is 50.5 Å². The molecule has 2 N–H and O–H groups in total. The van der Waals surface area contributed by atoms with Gasteiger partial charge in [-0.3, -0.25) is 9.58 Å². The molecule has 0 aliphatic carbocycles. The quantitative estimate of drug-likeness (QED) is 0.532. The molecule has 2 aromatic rings. The van der Waals surface area contributed by atoms with Crippen LogP contribution in [0.1, 0.15) is 36.6 Å². The van der Waals surface area contributed by atoms with E-state index < -0.39 is 24.3 Å². The maximum Gasteiger partial charge on any atom is 0.490 e. The van der Waals surface area contributed by atoms with Crippen molar-refractivity contribution in [2.24, 2.45) is 0 Å². The molecule has 1 aliphatic heterocycles. The molecule has 0 spiro atoms. The van der Waals surface area contributed by atoms with Crippen molar-refractivity contribution < 1.29 is 50.9 Å². The van der Waals surface area contributed by atoms with E-state index in [0.717, 1.165) is 39.4 Å². The van der Waals surface area contributed by atoms with Gasteiger partial charge in [-0.1, -0.05) is 0 Å². The standard InChI is InChI=1S/C16H23N3OS.2C2HF3O2/c1-3-19-10-14-8-18(7-13-5-6-21-12-13)9-15(11-20-4-2)16(14)17-19;2*3-2(4,5)1(6)7/h5-6,10,12,15H,3-4,7-9,11H2,1-2H3;2*(H,6,7). The number of carboxylic acids is 2. The Bertz CT molecular complexity index is 907. The van der Waals surface area contributed by atoms with Crippen LogP contribution in [0.25, 0.3) is 0 Å². The molecule has 0 radical (unpaired) electrons. The number of ether oxygens (including phenoxy) is 1. The monoisotopic (exact) mass is 533 g/mol. The maximum atomic E-state index is 10.6. The Morgan fingerprint density at radius 3 is 2.14 bits per heavy atom. The van der Waals surface area contributed by atoms with Crippen LogP contribution in [0.15, 0.2) is 23.0 Å². The molecular weight excluding hydrogens is 508 g/mol. The number of aliphatic carboxylic acids is 2. The van der Waals surface area contributed by atoms with Gasteiger partial charge in [-0.15, -0.1) is 0 Å². The summed E-state index contributed by atoms with van der Waals surface area (Å²) in [7, 11) is 0. The fourth-order valence-corrected chi connectivity index (χ4v) is 3.62. The molecule has 0 amide bonds. The van der Waals surface area contributed by atoms with E-state index in [4.69, 9.17) is 29.6 Å². The van der Waals surface area contributed by atoms with E-state index in [2.05, 4.69) is 46.5 Å². The number of rotatable bonds is 6. The van der Waals surface area contributed by atoms with Gasteiger partial charge in [-0.05, 0) is 36.2 Å². The molecule has 0 saturated carbocycles. The third kappa shape index (κ3) is 10.7. The lowest BCUT2D eigenvalue weighted by Gasteiger charge is -2.31. The summed E-state index contributed by atoms with van der Waals surface area (Å²) < 4.78 is 71.2. The van der Waals surface area contributed by atoms with Crippen molar-refractivity contribution in [3.63, 3.8) is 0 Å². The molecule has 2 aromatic heterocycles. The summed E-state index contributed by atoms with van der Waals surface area (Å²) in [5, 5.41) is 23.4. The largest absolute Gasteiger partial charge is 0.490 e. The first-order chi connectivity index (χ1) is 16.2. The molecule has 0 bridgehead atoms. The lowest BCUT2D eigenvalue weighted by molar-refractivity contribution is -0.193. The molecule has 1 aliphatic rings. The zero-order valence-electron chi connectivity index (χ0n) is 18.8. The second-order valence-electron chi connectivity index (χ2n) is 7.16. The highest BCUT2D eigenvalue weighted by molar-refractivity contribution is 7.07. The van der Waals surface area contributed by atoms with Gasteiger partial charge in [0.2, 0.25) is 0 Å². The Hall–Kier alpha value is -2.65. The van der Waals surface area contributed by atoms with E-state index in [1.54, 1.807) is 11.3 Å². The van der Waals surface area contributed by atoms with Crippen LogP contribution in [0.4, 0.5) is 26.3 Å². The summed E-state index contributed by atoms with van der Waals surface area (Å²) in [5.41, 5.74) is 4.01. The Morgan fingerprint density at radius 1 is 1.14 bits per heavy atom. The van der Waals surface area contributed by atoms with Gasteiger partial charge >= 0.3 is 24.3 Å². The summed E-state index contributed by atoms with van der Waals surface area (Å²) in [4.78, 5) is 20.3. The molecule has 0 saturated heterocycles. The first kappa shape index (κ1) is 30.4. The SMILES string of the molecule is CCOCC1CN(Cc2ccsc2)Cc2cn(CC)nc21.O=C(O)C(F)(F)F.O=C(O)C(F)(F)F. The van der Waals surface area contributed by atoms with Crippen LogP contribution < -0.4 is 0 Å². The highest BCUT2D eigenvalue weighted by Crippen LogP contribution is 2.29. The van der Waals surface area contributed by atoms with Gasteiger partial charge in [-0.2, -0.15) is 42.8 Å². The van der Waals surface area contributed by atoms with Crippen molar-refractivity contribution in [1.82, 2.24) is 14.7 Å². The Labute approximate surface area is 200 Å². The van der Waals surface area contributed by atoms with E-state index in [0.29, 0.717) is 5.92 Å². The highest BCUT2D eigenvalue weighted by Gasteiger charge is 2.38. The van der Waals surface area contributed by atoms with Crippen molar-refractivity contribution in [1.29, 1.82) is 0 Å². The van der Waals surface area contributed by atoms with E-state index in [9.17, 15) is 26.3 Å². The van der Waals surface area contributed by atoms with Crippen LogP contribution in [0.2, 0.25) is 0 Å². The number of halogens is 6. The number of carbonyl (C=O) groups is 2. The minimum absolute atomic E-state index is 0.389. The minimum Gasteiger partial charge on any atom is -0.475 e. The Balaban J connectivity index is 0.000000362. The first-order valence-corrected chi connectivity index (χ1v) is 11.1. The number of carboxylic acid groups (broad SMARTS) is 2. The lowest BCUT2D eigenvalue weighted by Crippen LogP contribution is -2.34. The molecule has 1 atom stereocenters. The average molecular weight is 533 g/mol. The predicted molar refractivity (Wildman–Crippen MR) is 113 cm³/mol. The summed E-state index contributed by atoms with van der Waals surface area (Å²) in [5.74, 6) is -5.12. The molecule has 15 heteroatoms. The smallest absolute Gasteiger partial charge is 0.475 e. The molecule has 1 unspecified atom stereocenters. The van der Waals surface area contributed by atoms with Gasteiger partial charge in [0.05, 0.1) is 12.3 Å². The predicted octanol–water partition coefficient (Wildman–Crippen LogP) is 4.37. The van der Waals surface area contributed by atoms with Gasteiger partial charge in [-0.25, -0.2) is 9.59 Å². The summed E-state index contributed by atoms with van der Waals surface area (Å²) in [6, 6.07) is 2.22. The van der Waals surface area contributed by atoms with Crippen LogP contribution in [0.5, 0.6) is 0 Å². The second-order valence-corrected chi connectivity index (χ2v) is 7.94.